The van der Waals surface area contributed by atoms with Crippen molar-refractivity contribution in [3.8, 4) is 23.1 Å². The van der Waals surface area contributed by atoms with Crippen molar-refractivity contribution in [1.29, 1.82) is 0 Å². The van der Waals surface area contributed by atoms with E-state index in [1.807, 2.05) is 0 Å². The Hall–Kier alpha value is -2.70. The Morgan fingerprint density at radius 2 is 1.55 bits per heavy atom. The SMILES string of the molecule is CNc1cc(Oc2cc(OC)cc(OC)c2)nc(N)n1. The number of hydrogen-bond donors (Lipinski definition) is 2. The molecule has 0 saturated heterocycles. The zero-order chi connectivity index (χ0) is 14.5. The molecule has 1 aromatic carbocycles. The van der Waals surface area contributed by atoms with E-state index in [0.29, 0.717) is 28.9 Å². The van der Waals surface area contributed by atoms with Crippen molar-refractivity contribution in [3.63, 3.8) is 0 Å². The molecule has 7 heteroatoms. The van der Waals surface area contributed by atoms with Crippen LogP contribution in [0.1, 0.15) is 0 Å². The van der Waals surface area contributed by atoms with E-state index in [1.54, 1.807) is 45.5 Å². The van der Waals surface area contributed by atoms with Crippen molar-refractivity contribution in [2.75, 3.05) is 32.3 Å². The number of methoxy groups -OCH3 is 2. The summed E-state index contributed by atoms with van der Waals surface area (Å²) in [7, 11) is 4.88. The van der Waals surface area contributed by atoms with Crippen LogP contribution < -0.4 is 25.3 Å². The minimum absolute atomic E-state index is 0.127. The molecule has 0 spiro atoms. The highest BCUT2D eigenvalue weighted by molar-refractivity contribution is 5.46. The van der Waals surface area contributed by atoms with Crippen molar-refractivity contribution < 1.29 is 14.2 Å². The van der Waals surface area contributed by atoms with Gasteiger partial charge in [-0.25, -0.2) is 0 Å². The van der Waals surface area contributed by atoms with Gasteiger partial charge in [-0.3, -0.25) is 0 Å². The second-order valence-corrected chi connectivity index (χ2v) is 3.85. The standard InChI is InChI=1S/C13H16N4O3/c1-15-11-7-12(17-13(14)16-11)20-10-5-8(18-2)4-9(6-10)19-3/h4-7H,1-3H3,(H3,14,15,16,17). The molecule has 0 radical (unpaired) electrons. The Bertz CT molecular complexity index is 582. The third-order valence-corrected chi connectivity index (χ3v) is 2.52. The maximum atomic E-state index is 5.66. The molecule has 0 amide bonds. The molecule has 20 heavy (non-hydrogen) atoms. The van der Waals surface area contributed by atoms with Crippen LogP contribution in [0, 0.1) is 0 Å². The fraction of sp³-hybridized carbons (Fsp3) is 0.231. The monoisotopic (exact) mass is 276 g/mol. The molecule has 0 unspecified atom stereocenters. The van der Waals surface area contributed by atoms with Crippen LogP contribution in [0.15, 0.2) is 24.3 Å². The van der Waals surface area contributed by atoms with E-state index in [1.165, 1.54) is 0 Å². The molecule has 2 aromatic rings. The molecule has 0 aliphatic rings. The van der Waals surface area contributed by atoms with Gasteiger partial charge in [0.05, 0.1) is 14.2 Å². The Morgan fingerprint density at radius 1 is 0.950 bits per heavy atom. The summed E-state index contributed by atoms with van der Waals surface area (Å²) in [6, 6.07) is 6.84. The highest BCUT2D eigenvalue weighted by atomic mass is 16.5. The van der Waals surface area contributed by atoms with Crippen LogP contribution >= 0.6 is 0 Å². The summed E-state index contributed by atoms with van der Waals surface area (Å²) < 4.78 is 16.0. The number of nitrogens with zero attached hydrogens (tertiary/aromatic N) is 2. The topological polar surface area (TPSA) is 91.5 Å². The zero-order valence-electron chi connectivity index (χ0n) is 11.5. The van der Waals surface area contributed by atoms with Gasteiger partial charge < -0.3 is 25.3 Å². The molecule has 0 atom stereocenters. The van der Waals surface area contributed by atoms with E-state index in [-0.39, 0.29) is 5.95 Å². The van der Waals surface area contributed by atoms with Gasteiger partial charge in [-0.15, -0.1) is 0 Å². The Morgan fingerprint density at radius 3 is 2.10 bits per heavy atom. The third kappa shape index (κ3) is 3.19. The van der Waals surface area contributed by atoms with Crippen LogP contribution in [0.4, 0.5) is 11.8 Å². The number of hydrogen-bond acceptors (Lipinski definition) is 7. The molecule has 7 nitrogen and oxygen atoms in total. The molecule has 1 heterocycles. The van der Waals surface area contributed by atoms with E-state index in [0.717, 1.165) is 0 Å². The highest BCUT2D eigenvalue weighted by Crippen LogP contribution is 2.30. The summed E-state index contributed by atoms with van der Waals surface area (Å²) in [5.74, 6) is 2.80. The lowest BCUT2D eigenvalue weighted by molar-refractivity contribution is 0.385. The summed E-state index contributed by atoms with van der Waals surface area (Å²) in [4.78, 5) is 8.00. The first kappa shape index (κ1) is 13.7. The van der Waals surface area contributed by atoms with Crippen LogP contribution in [-0.4, -0.2) is 31.2 Å². The molecule has 106 valence electrons. The van der Waals surface area contributed by atoms with E-state index in [4.69, 9.17) is 19.9 Å². The number of benzene rings is 1. The summed E-state index contributed by atoms with van der Waals surface area (Å²) in [6.45, 7) is 0. The predicted molar refractivity (Wildman–Crippen MR) is 75.6 cm³/mol. The fourth-order valence-electron chi connectivity index (χ4n) is 1.58. The molecule has 0 aliphatic heterocycles. The summed E-state index contributed by atoms with van der Waals surface area (Å²) in [5, 5.41) is 2.88. The van der Waals surface area contributed by atoms with Crippen molar-refractivity contribution in [2.24, 2.45) is 0 Å². The maximum absolute atomic E-state index is 5.66. The van der Waals surface area contributed by atoms with Crippen LogP contribution in [0.3, 0.4) is 0 Å². The second-order valence-electron chi connectivity index (χ2n) is 3.85. The van der Waals surface area contributed by atoms with Gasteiger partial charge in [0.1, 0.15) is 23.1 Å². The lowest BCUT2D eigenvalue weighted by atomic mass is 10.3. The van der Waals surface area contributed by atoms with Gasteiger partial charge in [0.15, 0.2) is 0 Å². The van der Waals surface area contributed by atoms with Gasteiger partial charge in [-0.05, 0) is 0 Å². The quantitative estimate of drug-likeness (QED) is 0.861. The molecule has 2 rings (SSSR count). The Kier molecular flexibility index (Phi) is 4.09. The van der Waals surface area contributed by atoms with Crippen LogP contribution in [-0.2, 0) is 0 Å². The van der Waals surface area contributed by atoms with Gasteiger partial charge in [0.2, 0.25) is 11.8 Å². The number of anilines is 2. The smallest absolute Gasteiger partial charge is 0.226 e. The third-order valence-electron chi connectivity index (χ3n) is 2.52. The first-order valence-corrected chi connectivity index (χ1v) is 5.88. The van der Waals surface area contributed by atoms with E-state index >= 15 is 0 Å². The van der Waals surface area contributed by atoms with Crippen molar-refractivity contribution in [2.45, 2.75) is 0 Å². The zero-order valence-corrected chi connectivity index (χ0v) is 11.5. The van der Waals surface area contributed by atoms with E-state index in [9.17, 15) is 0 Å². The number of nitrogens with one attached hydrogen (secondary N) is 1. The minimum atomic E-state index is 0.127. The number of rotatable bonds is 5. The highest BCUT2D eigenvalue weighted by Gasteiger charge is 2.07. The number of nitrogens with two attached hydrogens (primary N) is 1. The molecule has 1 aromatic heterocycles. The largest absolute Gasteiger partial charge is 0.496 e. The summed E-state index contributed by atoms with van der Waals surface area (Å²) >= 11 is 0. The van der Waals surface area contributed by atoms with Crippen LogP contribution in [0.2, 0.25) is 0 Å². The molecule has 0 aliphatic carbocycles. The molecule has 0 saturated carbocycles. The first-order valence-electron chi connectivity index (χ1n) is 5.88. The van der Waals surface area contributed by atoms with Crippen molar-refractivity contribution in [3.05, 3.63) is 24.3 Å². The maximum Gasteiger partial charge on any atom is 0.226 e. The lowest BCUT2D eigenvalue weighted by Gasteiger charge is -2.10. The minimum Gasteiger partial charge on any atom is -0.496 e. The molecular formula is C13H16N4O3. The van der Waals surface area contributed by atoms with Gasteiger partial charge in [-0.2, -0.15) is 9.97 Å². The van der Waals surface area contributed by atoms with Gasteiger partial charge >= 0.3 is 0 Å². The Balaban J connectivity index is 2.31. The van der Waals surface area contributed by atoms with Gasteiger partial charge in [0, 0.05) is 31.3 Å². The van der Waals surface area contributed by atoms with Crippen molar-refractivity contribution >= 4 is 11.8 Å². The molecule has 3 N–H and O–H groups in total. The van der Waals surface area contributed by atoms with Gasteiger partial charge in [-0.1, -0.05) is 0 Å². The van der Waals surface area contributed by atoms with Crippen molar-refractivity contribution in [1.82, 2.24) is 9.97 Å². The normalized spacial score (nSPS) is 9.95. The van der Waals surface area contributed by atoms with Crippen LogP contribution in [0.5, 0.6) is 23.1 Å². The molecule has 0 bridgehead atoms. The number of nitrogen functional groups attached to an aromatic ring is 1. The summed E-state index contributed by atoms with van der Waals surface area (Å²) in [6.07, 6.45) is 0. The first-order chi connectivity index (χ1) is 9.64. The molecular weight excluding hydrogens is 260 g/mol. The fourth-order valence-corrected chi connectivity index (χ4v) is 1.58. The van der Waals surface area contributed by atoms with E-state index < -0.39 is 0 Å². The summed E-state index contributed by atoms with van der Waals surface area (Å²) in [5.41, 5.74) is 5.61. The van der Waals surface area contributed by atoms with Gasteiger partial charge in [0.25, 0.3) is 0 Å². The average Bonchev–Trinajstić information content (AvgIpc) is 2.46. The van der Waals surface area contributed by atoms with Crippen LogP contribution in [0.25, 0.3) is 0 Å². The second kappa shape index (κ2) is 5.96. The Labute approximate surface area is 116 Å². The lowest BCUT2D eigenvalue weighted by Crippen LogP contribution is -2.01. The predicted octanol–water partition coefficient (Wildman–Crippen LogP) is 1.91. The number of aromatic nitrogens is 2. The van der Waals surface area contributed by atoms with E-state index in [2.05, 4.69) is 15.3 Å². The molecule has 0 fully saturated rings. The average molecular weight is 276 g/mol. The number of ether oxygens (including phenoxy) is 3.